The van der Waals surface area contributed by atoms with Gasteiger partial charge in [-0.2, -0.15) is 0 Å². The highest BCUT2D eigenvalue weighted by molar-refractivity contribution is 9.10. The van der Waals surface area contributed by atoms with E-state index in [1.165, 1.54) is 6.33 Å². The molecule has 5 heteroatoms. The van der Waals surface area contributed by atoms with E-state index in [9.17, 15) is 4.79 Å². The number of carbonyl (C=O) groups is 1. The van der Waals surface area contributed by atoms with Crippen molar-refractivity contribution in [1.29, 1.82) is 0 Å². The van der Waals surface area contributed by atoms with Gasteiger partial charge in [-0.05, 0) is 18.2 Å². The van der Waals surface area contributed by atoms with Gasteiger partial charge in [0.05, 0.1) is 5.52 Å². The third kappa shape index (κ3) is 2.08. The zero-order chi connectivity index (χ0) is 13.4. The highest BCUT2D eigenvalue weighted by Crippen LogP contribution is 2.30. The molecule has 1 aliphatic rings. The van der Waals surface area contributed by atoms with E-state index in [0.29, 0.717) is 18.8 Å². The Balaban J connectivity index is 2.13. The van der Waals surface area contributed by atoms with Crippen molar-refractivity contribution in [2.75, 3.05) is 11.4 Å². The number of aromatic nitrogens is 2. The smallest absolute Gasteiger partial charge is 0.229 e. The lowest BCUT2D eigenvalue weighted by atomic mass is 10.1. The van der Waals surface area contributed by atoms with Gasteiger partial charge in [0.2, 0.25) is 5.91 Å². The molecule has 2 aromatic rings. The predicted molar refractivity (Wildman–Crippen MR) is 76.5 cm³/mol. The lowest BCUT2D eigenvalue weighted by Gasteiger charge is -2.16. The van der Waals surface area contributed by atoms with Crippen molar-refractivity contribution in [3.63, 3.8) is 0 Å². The van der Waals surface area contributed by atoms with Crippen molar-refractivity contribution >= 4 is 38.6 Å². The standard InChI is InChI=1S/C14H10BrN3O/c1-2-9-5-13(19)18(7-9)14-11-6-10(15)3-4-12(11)16-8-17-14/h1,3-4,6,8-9H,5,7H2. The molecule has 2 heterocycles. The van der Waals surface area contributed by atoms with E-state index in [1.807, 2.05) is 18.2 Å². The van der Waals surface area contributed by atoms with Crippen LogP contribution in [-0.2, 0) is 4.79 Å². The van der Waals surface area contributed by atoms with Gasteiger partial charge in [0.25, 0.3) is 0 Å². The van der Waals surface area contributed by atoms with Crippen LogP contribution in [0.15, 0.2) is 29.0 Å². The maximum atomic E-state index is 12.0. The predicted octanol–water partition coefficient (Wildman–Crippen LogP) is 2.38. The Morgan fingerprint density at radius 3 is 3.00 bits per heavy atom. The summed E-state index contributed by atoms with van der Waals surface area (Å²) >= 11 is 3.42. The molecule has 1 saturated heterocycles. The van der Waals surface area contributed by atoms with Gasteiger partial charge in [-0.3, -0.25) is 9.69 Å². The number of carbonyl (C=O) groups excluding carboxylic acids is 1. The van der Waals surface area contributed by atoms with Crippen molar-refractivity contribution in [2.24, 2.45) is 5.92 Å². The van der Waals surface area contributed by atoms with E-state index in [1.54, 1.807) is 4.90 Å². The minimum atomic E-state index is -0.0373. The lowest BCUT2D eigenvalue weighted by molar-refractivity contribution is -0.117. The summed E-state index contributed by atoms with van der Waals surface area (Å²) in [4.78, 5) is 22.1. The largest absolute Gasteiger partial charge is 0.295 e. The first-order valence-electron chi connectivity index (χ1n) is 5.86. The number of nitrogens with zero attached hydrogens (tertiary/aromatic N) is 3. The van der Waals surface area contributed by atoms with E-state index in [4.69, 9.17) is 6.42 Å². The summed E-state index contributed by atoms with van der Waals surface area (Å²) in [5, 5.41) is 0.850. The third-order valence-electron chi connectivity index (χ3n) is 3.19. The average Bonchev–Trinajstić information content (AvgIpc) is 2.79. The Morgan fingerprint density at radius 2 is 2.26 bits per heavy atom. The second-order valence-electron chi connectivity index (χ2n) is 4.43. The first-order valence-corrected chi connectivity index (χ1v) is 6.65. The van der Waals surface area contributed by atoms with Crippen LogP contribution in [0.5, 0.6) is 0 Å². The molecule has 0 saturated carbocycles. The Hall–Kier alpha value is -1.93. The molecule has 94 valence electrons. The Kier molecular flexibility index (Phi) is 2.96. The number of hydrogen-bond donors (Lipinski definition) is 0. The number of rotatable bonds is 1. The number of terminal acetylenes is 1. The number of halogens is 1. The van der Waals surface area contributed by atoms with Gasteiger partial charge in [-0.15, -0.1) is 12.3 Å². The molecule has 1 aromatic carbocycles. The number of benzene rings is 1. The minimum Gasteiger partial charge on any atom is -0.295 e. The summed E-state index contributed by atoms with van der Waals surface area (Å²) in [5.74, 6) is 3.25. The molecule has 0 spiro atoms. The normalized spacial score (nSPS) is 18.8. The van der Waals surface area contributed by atoms with Crippen LogP contribution in [-0.4, -0.2) is 22.4 Å². The number of fused-ring (bicyclic) bond motifs is 1. The summed E-state index contributed by atoms with van der Waals surface area (Å²) in [5.41, 5.74) is 0.810. The van der Waals surface area contributed by atoms with Crippen molar-refractivity contribution in [3.8, 4) is 12.3 Å². The van der Waals surface area contributed by atoms with Crippen molar-refractivity contribution in [2.45, 2.75) is 6.42 Å². The fraction of sp³-hybridized carbons (Fsp3) is 0.214. The summed E-state index contributed by atoms with van der Waals surface area (Å²) in [6.45, 7) is 0.522. The van der Waals surface area contributed by atoms with Crippen LogP contribution in [0, 0.1) is 18.3 Å². The van der Waals surface area contributed by atoms with E-state index in [2.05, 4.69) is 31.8 Å². The molecule has 1 aliphatic heterocycles. The second-order valence-corrected chi connectivity index (χ2v) is 5.35. The van der Waals surface area contributed by atoms with E-state index >= 15 is 0 Å². The zero-order valence-corrected chi connectivity index (χ0v) is 11.6. The van der Waals surface area contributed by atoms with Crippen molar-refractivity contribution in [3.05, 3.63) is 29.0 Å². The first kappa shape index (κ1) is 12.1. The van der Waals surface area contributed by atoms with Gasteiger partial charge in [0.1, 0.15) is 12.1 Å². The number of hydrogen-bond acceptors (Lipinski definition) is 3. The van der Waals surface area contributed by atoms with Crippen LogP contribution in [0.3, 0.4) is 0 Å². The second kappa shape index (κ2) is 4.63. The number of anilines is 1. The van der Waals surface area contributed by atoms with Gasteiger partial charge in [0, 0.05) is 28.7 Å². The lowest BCUT2D eigenvalue weighted by Crippen LogP contribution is -2.25. The fourth-order valence-electron chi connectivity index (χ4n) is 2.25. The minimum absolute atomic E-state index is 0.0166. The number of amides is 1. The van der Waals surface area contributed by atoms with Crippen LogP contribution >= 0.6 is 15.9 Å². The highest BCUT2D eigenvalue weighted by atomic mass is 79.9. The summed E-state index contributed by atoms with van der Waals surface area (Å²) < 4.78 is 0.927. The van der Waals surface area contributed by atoms with Gasteiger partial charge in [-0.25, -0.2) is 9.97 Å². The van der Waals surface area contributed by atoms with Crippen LogP contribution in [0.1, 0.15) is 6.42 Å². The van der Waals surface area contributed by atoms with Crippen molar-refractivity contribution in [1.82, 2.24) is 9.97 Å². The Bertz CT molecular complexity index is 707. The Morgan fingerprint density at radius 1 is 1.42 bits per heavy atom. The SMILES string of the molecule is C#CC1CC(=O)N(c2ncnc3ccc(Br)cc23)C1. The summed E-state index contributed by atoms with van der Waals surface area (Å²) in [6, 6.07) is 5.72. The highest BCUT2D eigenvalue weighted by Gasteiger charge is 2.31. The monoisotopic (exact) mass is 315 g/mol. The Labute approximate surface area is 119 Å². The molecule has 0 radical (unpaired) electrons. The van der Waals surface area contributed by atoms with Gasteiger partial charge in [-0.1, -0.05) is 15.9 Å². The molecule has 1 unspecified atom stereocenters. The summed E-state index contributed by atoms with van der Waals surface area (Å²) in [7, 11) is 0. The topological polar surface area (TPSA) is 46.1 Å². The molecule has 1 amide bonds. The van der Waals surface area contributed by atoms with Crippen LogP contribution < -0.4 is 4.90 Å². The molecule has 0 bridgehead atoms. The molecule has 4 nitrogen and oxygen atoms in total. The van der Waals surface area contributed by atoms with Crippen LogP contribution in [0.2, 0.25) is 0 Å². The van der Waals surface area contributed by atoms with Crippen molar-refractivity contribution < 1.29 is 4.79 Å². The van der Waals surface area contributed by atoms with Crippen LogP contribution in [0.25, 0.3) is 10.9 Å². The molecule has 1 atom stereocenters. The van der Waals surface area contributed by atoms with Gasteiger partial charge in [0.15, 0.2) is 0 Å². The van der Waals surface area contributed by atoms with Gasteiger partial charge < -0.3 is 0 Å². The quantitative estimate of drug-likeness (QED) is 0.759. The maximum Gasteiger partial charge on any atom is 0.229 e. The third-order valence-corrected chi connectivity index (χ3v) is 3.69. The first-order chi connectivity index (χ1) is 9.19. The maximum absolute atomic E-state index is 12.0. The van der Waals surface area contributed by atoms with Gasteiger partial charge >= 0.3 is 0 Å². The van der Waals surface area contributed by atoms with E-state index in [0.717, 1.165) is 15.4 Å². The van der Waals surface area contributed by atoms with E-state index in [-0.39, 0.29) is 11.8 Å². The fourth-order valence-corrected chi connectivity index (χ4v) is 2.62. The molecular weight excluding hydrogens is 306 g/mol. The molecule has 0 N–H and O–H groups in total. The van der Waals surface area contributed by atoms with E-state index < -0.39 is 0 Å². The zero-order valence-electron chi connectivity index (χ0n) is 10.0. The molecule has 19 heavy (non-hydrogen) atoms. The molecule has 1 fully saturated rings. The molecule has 1 aromatic heterocycles. The van der Waals surface area contributed by atoms with Crippen LogP contribution in [0.4, 0.5) is 5.82 Å². The molecule has 0 aliphatic carbocycles. The molecule has 3 rings (SSSR count). The molecular formula is C14H10BrN3O. The summed E-state index contributed by atoms with van der Waals surface area (Å²) in [6.07, 6.45) is 7.26. The average molecular weight is 316 g/mol.